The summed E-state index contributed by atoms with van der Waals surface area (Å²) in [7, 11) is 0. The summed E-state index contributed by atoms with van der Waals surface area (Å²) >= 11 is 0. The number of nitrogens with one attached hydrogen (secondary N) is 1. The lowest BCUT2D eigenvalue weighted by molar-refractivity contribution is -0.00000401. The average molecular weight is 250 g/mol. The van der Waals surface area contributed by atoms with Crippen LogP contribution in [0.4, 0.5) is 21.5 Å². The maximum Gasteiger partial charge on any atom is 0.385 e. The maximum atomic E-state index is 12.7. The molecule has 17 heavy (non-hydrogen) atoms. The lowest BCUT2D eigenvalue weighted by Crippen LogP contribution is -3.00. The Morgan fingerprint density at radius 2 is 1.35 bits per heavy atom. The summed E-state index contributed by atoms with van der Waals surface area (Å²) < 4.78 is 12.7. The Labute approximate surface area is 104 Å². The van der Waals surface area contributed by atoms with Crippen LogP contribution < -0.4 is 17.7 Å². The zero-order valence-electron chi connectivity index (χ0n) is 8.77. The van der Waals surface area contributed by atoms with E-state index in [0.29, 0.717) is 5.69 Å². The van der Waals surface area contributed by atoms with Gasteiger partial charge in [0.1, 0.15) is 5.82 Å². The summed E-state index contributed by atoms with van der Waals surface area (Å²) in [6.07, 6.45) is 0. The molecule has 2 aromatic carbocycles. The van der Waals surface area contributed by atoms with Gasteiger partial charge in [0, 0.05) is 23.5 Å². The molecular formula is C12H9ClFN3. The molecule has 86 valence electrons. The standard InChI is InChI=1S/C12H9FN3.ClH/c13-9-1-3-10(4-2-9)15-11-5-7-12(16-14)8-6-11;/h1-8,15H;1H/q+1;/p-1. The van der Waals surface area contributed by atoms with Gasteiger partial charge in [-0.15, -0.1) is 0 Å². The van der Waals surface area contributed by atoms with Crippen LogP contribution in [0.25, 0.3) is 4.98 Å². The second-order valence-corrected chi connectivity index (χ2v) is 3.28. The molecule has 0 aliphatic rings. The van der Waals surface area contributed by atoms with Crippen molar-refractivity contribution in [3.8, 4) is 0 Å². The Bertz CT molecular complexity index is 517. The van der Waals surface area contributed by atoms with Gasteiger partial charge >= 0.3 is 5.69 Å². The number of benzene rings is 2. The lowest BCUT2D eigenvalue weighted by atomic mass is 10.2. The Morgan fingerprint density at radius 1 is 0.882 bits per heavy atom. The summed E-state index contributed by atoms with van der Waals surface area (Å²) in [6.45, 7) is 0. The van der Waals surface area contributed by atoms with E-state index in [1.807, 2.05) is 0 Å². The predicted molar refractivity (Wildman–Crippen MR) is 60.9 cm³/mol. The fourth-order valence-corrected chi connectivity index (χ4v) is 1.31. The van der Waals surface area contributed by atoms with Gasteiger partial charge in [0.2, 0.25) is 5.39 Å². The molecule has 2 aromatic rings. The van der Waals surface area contributed by atoms with Gasteiger partial charge in [-0.3, -0.25) is 0 Å². The number of hydrogen-bond donors (Lipinski definition) is 1. The van der Waals surface area contributed by atoms with Crippen LogP contribution in [0.5, 0.6) is 0 Å². The van der Waals surface area contributed by atoms with Gasteiger partial charge in [-0.05, 0) is 36.4 Å². The van der Waals surface area contributed by atoms with Crippen molar-refractivity contribution in [3.63, 3.8) is 0 Å². The Kier molecular flexibility index (Phi) is 4.44. The predicted octanol–water partition coefficient (Wildman–Crippen LogP) is 1.06. The first kappa shape index (κ1) is 12.9. The van der Waals surface area contributed by atoms with Crippen LogP contribution in [-0.2, 0) is 0 Å². The molecule has 0 saturated carbocycles. The molecule has 0 radical (unpaired) electrons. The van der Waals surface area contributed by atoms with Gasteiger partial charge in [0.15, 0.2) is 4.98 Å². The van der Waals surface area contributed by atoms with Crippen molar-refractivity contribution in [2.24, 2.45) is 0 Å². The molecule has 0 aliphatic carbocycles. The number of nitrogens with zero attached hydrogens (tertiary/aromatic N) is 2. The fourth-order valence-electron chi connectivity index (χ4n) is 1.31. The zero-order valence-corrected chi connectivity index (χ0v) is 9.53. The molecule has 3 nitrogen and oxygen atoms in total. The van der Waals surface area contributed by atoms with Crippen molar-refractivity contribution in [3.05, 3.63) is 59.3 Å². The third-order valence-corrected chi connectivity index (χ3v) is 2.12. The highest BCUT2D eigenvalue weighted by Gasteiger charge is 2.02. The summed E-state index contributed by atoms with van der Waals surface area (Å²) in [4.78, 5) is 3.05. The number of halogens is 2. The molecule has 1 N–H and O–H groups in total. The van der Waals surface area contributed by atoms with Crippen molar-refractivity contribution in [2.45, 2.75) is 0 Å². The zero-order chi connectivity index (χ0) is 11.4. The van der Waals surface area contributed by atoms with Gasteiger partial charge in [0.25, 0.3) is 0 Å². The van der Waals surface area contributed by atoms with E-state index in [-0.39, 0.29) is 18.2 Å². The van der Waals surface area contributed by atoms with Crippen molar-refractivity contribution in [1.82, 2.24) is 0 Å². The highest BCUT2D eigenvalue weighted by Crippen LogP contribution is 2.20. The summed E-state index contributed by atoms with van der Waals surface area (Å²) in [6, 6.07) is 13.0. The molecule has 5 heteroatoms. The minimum Gasteiger partial charge on any atom is -1.00 e. The molecule has 0 aliphatic heterocycles. The minimum absolute atomic E-state index is 0. The molecule has 0 unspecified atom stereocenters. The van der Waals surface area contributed by atoms with Crippen molar-refractivity contribution >= 4 is 17.1 Å². The maximum absolute atomic E-state index is 12.7. The van der Waals surface area contributed by atoms with Crippen LogP contribution in [0.1, 0.15) is 0 Å². The first-order valence-electron chi connectivity index (χ1n) is 4.76. The number of hydrogen-bond acceptors (Lipinski definition) is 2. The number of diazo groups is 1. The topological polar surface area (TPSA) is 40.2 Å². The van der Waals surface area contributed by atoms with Crippen molar-refractivity contribution < 1.29 is 16.8 Å². The summed E-state index contributed by atoms with van der Waals surface area (Å²) in [5.41, 5.74) is 2.14. The third kappa shape index (κ3) is 3.44. The van der Waals surface area contributed by atoms with Crippen LogP contribution in [0.2, 0.25) is 0 Å². The van der Waals surface area contributed by atoms with Crippen molar-refractivity contribution in [2.75, 3.05) is 5.32 Å². The van der Waals surface area contributed by atoms with Crippen LogP contribution in [0.15, 0.2) is 48.5 Å². The Hall–Kier alpha value is -2.12. The molecule has 0 spiro atoms. The van der Waals surface area contributed by atoms with Gasteiger partial charge in [-0.25, -0.2) is 4.39 Å². The van der Waals surface area contributed by atoms with E-state index < -0.39 is 0 Å². The van der Waals surface area contributed by atoms with Crippen molar-refractivity contribution in [1.29, 1.82) is 5.39 Å². The quantitative estimate of drug-likeness (QED) is 0.809. The molecule has 2 rings (SSSR count). The molecule has 0 bridgehead atoms. The largest absolute Gasteiger partial charge is 1.00 e. The molecule has 0 aromatic heterocycles. The van der Waals surface area contributed by atoms with Crippen LogP contribution in [-0.4, -0.2) is 0 Å². The SMILES string of the molecule is N#[N+]c1ccc(Nc2ccc(F)cc2)cc1.[Cl-]. The fraction of sp³-hybridized carbons (Fsp3) is 0. The van der Waals surface area contributed by atoms with E-state index >= 15 is 0 Å². The van der Waals surface area contributed by atoms with E-state index in [1.54, 1.807) is 36.4 Å². The highest BCUT2D eigenvalue weighted by molar-refractivity contribution is 5.62. The third-order valence-electron chi connectivity index (χ3n) is 2.12. The van der Waals surface area contributed by atoms with Crippen LogP contribution in [0.3, 0.4) is 0 Å². The van der Waals surface area contributed by atoms with Crippen LogP contribution >= 0.6 is 0 Å². The molecular weight excluding hydrogens is 241 g/mol. The van der Waals surface area contributed by atoms with Gasteiger partial charge in [-0.2, -0.15) is 0 Å². The molecule has 0 heterocycles. The second kappa shape index (κ2) is 5.83. The monoisotopic (exact) mass is 249 g/mol. The first-order chi connectivity index (χ1) is 7.78. The Balaban J connectivity index is 0.00000144. The van der Waals surface area contributed by atoms with E-state index in [2.05, 4.69) is 10.3 Å². The number of rotatable bonds is 2. The first-order valence-corrected chi connectivity index (χ1v) is 4.76. The number of anilines is 2. The summed E-state index contributed by atoms with van der Waals surface area (Å²) in [5.74, 6) is -0.264. The van der Waals surface area contributed by atoms with E-state index in [0.717, 1.165) is 11.4 Å². The normalized spacial score (nSPS) is 8.94. The van der Waals surface area contributed by atoms with Gasteiger partial charge in [-0.1, -0.05) is 0 Å². The van der Waals surface area contributed by atoms with Gasteiger partial charge < -0.3 is 17.7 Å². The molecule has 0 atom stereocenters. The average Bonchev–Trinajstić information content (AvgIpc) is 2.33. The van der Waals surface area contributed by atoms with Crippen LogP contribution in [0, 0.1) is 11.2 Å². The minimum atomic E-state index is -0.264. The van der Waals surface area contributed by atoms with Gasteiger partial charge in [0.05, 0.1) is 0 Å². The van der Waals surface area contributed by atoms with E-state index in [1.165, 1.54) is 12.1 Å². The van der Waals surface area contributed by atoms with E-state index in [9.17, 15) is 4.39 Å². The van der Waals surface area contributed by atoms with E-state index in [4.69, 9.17) is 5.39 Å². The molecule has 0 amide bonds. The second-order valence-electron chi connectivity index (χ2n) is 3.28. The molecule has 0 saturated heterocycles. The highest BCUT2D eigenvalue weighted by atomic mass is 35.5. The Morgan fingerprint density at radius 3 is 1.82 bits per heavy atom. The smallest absolute Gasteiger partial charge is 0.385 e. The molecule has 0 fully saturated rings. The summed E-state index contributed by atoms with van der Waals surface area (Å²) in [5, 5.41) is 11.6. The lowest BCUT2D eigenvalue weighted by Gasteiger charge is -2.04.